The second-order valence-corrected chi connectivity index (χ2v) is 6.74. The zero-order valence-electron chi connectivity index (χ0n) is 12.8. The van der Waals surface area contributed by atoms with Crippen LogP contribution < -0.4 is 0 Å². The molecule has 4 heteroatoms. The standard InChI is InChI=1S/C18H21NO2S/c1-14-5-2-6-15(11-14)13-21-16-7-3-9-19(12-16)18(20)17-8-4-10-22-17/h2,4-6,8,10-11,16H,3,7,9,12-13H2,1H3. The molecule has 1 saturated heterocycles. The number of carbonyl (C=O) groups is 1. The van der Waals surface area contributed by atoms with Crippen molar-refractivity contribution in [2.24, 2.45) is 0 Å². The topological polar surface area (TPSA) is 29.5 Å². The van der Waals surface area contributed by atoms with Crippen LogP contribution in [0.25, 0.3) is 0 Å². The Labute approximate surface area is 135 Å². The van der Waals surface area contributed by atoms with Crippen LogP contribution in [0.4, 0.5) is 0 Å². The van der Waals surface area contributed by atoms with Gasteiger partial charge in [0.1, 0.15) is 0 Å². The molecule has 22 heavy (non-hydrogen) atoms. The normalized spacial score (nSPS) is 18.4. The van der Waals surface area contributed by atoms with Gasteiger partial charge in [0, 0.05) is 13.1 Å². The molecule has 2 aromatic rings. The molecule has 2 heterocycles. The number of rotatable bonds is 4. The highest BCUT2D eigenvalue weighted by Gasteiger charge is 2.25. The highest BCUT2D eigenvalue weighted by molar-refractivity contribution is 7.12. The Morgan fingerprint density at radius 3 is 3.05 bits per heavy atom. The summed E-state index contributed by atoms with van der Waals surface area (Å²) >= 11 is 1.51. The van der Waals surface area contributed by atoms with Crippen LogP contribution in [-0.4, -0.2) is 30.0 Å². The smallest absolute Gasteiger partial charge is 0.264 e. The van der Waals surface area contributed by atoms with Crippen LogP contribution in [0.15, 0.2) is 41.8 Å². The number of piperidine rings is 1. The van der Waals surface area contributed by atoms with Crippen LogP contribution in [-0.2, 0) is 11.3 Å². The molecule has 3 rings (SSSR count). The molecular formula is C18H21NO2S. The number of thiophene rings is 1. The zero-order valence-corrected chi connectivity index (χ0v) is 13.6. The van der Waals surface area contributed by atoms with E-state index in [1.54, 1.807) is 0 Å². The Balaban J connectivity index is 1.55. The Hall–Kier alpha value is -1.65. The monoisotopic (exact) mass is 315 g/mol. The molecule has 1 fully saturated rings. The van der Waals surface area contributed by atoms with Gasteiger partial charge in [0.25, 0.3) is 5.91 Å². The van der Waals surface area contributed by atoms with Crippen molar-refractivity contribution in [3.63, 3.8) is 0 Å². The minimum atomic E-state index is 0.137. The molecule has 1 aliphatic rings. The average Bonchev–Trinajstić information content (AvgIpc) is 3.07. The Kier molecular flexibility index (Phi) is 4.90. The van der Waals surface area contributed by atoms with E-state index in [0.717, 1.165) is 24.3 Å². The maximum Gasteiger partial charge on any atom is 0.264 e. The summed E-state index contributed by atoms with van der Waals surface area (Å²) in [6.45, 7) is 4.24. The van der Waals surface area contributed by atoms with Crippen molar-refractivity contribution < 1.29 is 9.53 Å². The number of amides is 1. The molecule has 0 aliphatic carbocycles. The number of nitrogens with zero attached hydrogens (tertiary/aromatic N) is 1. The third kappa shape index (κ3) is 3.76. The maximum absolute atomic E-state index is 12.4. The molecule has 0 spiro atoms. The largest absolute Gasteiger partial charge is 0.372 e. The molecule has 1 amide bonds. The SMILES string of the molecule is Cc1cccc(COC2CCCN(C(=O)c3cccs3)C2)c1. The number of ether oxygens (including phenoxy) is 1. The van der Waals surface area contributed by atoms with E-state index in [1.165, 1.54) is 22.5 Å². The van der Waals surface area contributed by atoms with Gasteiger partial charge >= 0.3 is 0 Å². The first-order chi connectivity index (χ1) is 10.7. The third-order valence-corrected chi connectivity index (χ3v) is 4.82. The first-order valence-electron chi connectivity index (χ1n) is 7.72. The van der Waals surface area contributed by atoms with E-state index in [4.69, 9.17) is 4.74 Å². The summed E-state index contributed by atoms with van der Waals surface area (Å²) in [5, 5.41) is 1.95. The van der Waals surface area contributed by atoms with Crippen molar-refractivity contribution in [1.29, 1.82) is 0 Å². The quantitative estimate of drug-likeness (QED) is 0.857. The van der Waals surface area contributed by atoms with Crippen molar-refractivity contribution in [1.82, 2.24) is 4.90 Å². The summed E-state index contributed by atoms with van der Waals surface area (Å²) in [6, 6.07) is 12.2. The lowest BCUT2D eigenvalue weighted by Gasteiger charge is -2.32. The first-order valence-corrected chi connectivity index (χ1v) is 8.60. The lowest BCUT2D eigenvalue weighted by atomic mass is 10.1. The molecule has 0 bridgehead atoms. The summed E-state index contributed by atoms with van der Waals surface area (Å²) in [6.07, 6.45) is 2.17. The fraction of sp³-hybridized carbons (Fsp3) is 0.389. The van der Waals surface area contributed by atoms with Crippen LogP contribution in [0.3, 0.4) is 0 Å². The van der Waals surface area contributed by atoms with Crippen LogP contribution in [0.1, 0.15) is 33.6 Å². The van der Waals surface area contributed by atoms with Gasteiger partial charge in [0.2, 0.25) is 0 Å². The van der Waals surface area contributed by atoms with Gasteiger partial charge in [-0.05, 0) is 36.8 Å². The Morgan fingerprint density at radius 1 is 1.36 bits per heavy atom. The van der Waals surface area contributed by atoms with Gasteiger partial charge in [0.05, 0.1) is 17.6 Å². The fourth-order valence-electron chi connectivity index (χ4n) is 2.83. The molecule has 0 radical (unpaired) electrons. The molecule has 1 atom stereocenters. The number of aryl methyl sites for hydroxylation is 1. The molecule has 1 unspecified atom stereocenters. The molecule has 1 aromatic carbocycles. The molecule has 1 aliphatic heterocycles. The lowest BCUT2D eigenvalue weighted by Crippen LogP contribution is -2.42. The van der Waals surface area contributed by atoms with Gasteiger partial charge in [-0.2, -0.15) is 0 Å². The van der Waals surface area contributed by atoms with Gasteiger partial charge in [-0.15, -0.1) is 11.3 Å². The van der Waals surface area contributed by atoms with Crippen LogP contribution >= 0.6 is 11.3 Å². The summed E-state index contributed by atoms with van der Waals surface area (Å²) in [4.78, 5) is 15.2. The summed E-state index contributed by atoms with van der Waals surface area (Å²) in [5.74, 6) is 0.138. The maximum atomic E-state index is 12.4. The third-order valence-electron chi connectivity index (χ3n) is 3.97. The summed E-state index contributed by atoms with van der Waals surface area (Å²) < 4.78 is 6.03. The van der Waals surface area contributed by atoms with Crippen LogP contribution in [0, 0.1) is 6.92 Å². The number of benzene rings is 1. The second kappa shape index (κ2) is 7.07. The predicted octanol–water partition coefficient (Wildman–Crippen LogP) is 3.88. The van der Waals surface area contributed by atoms with Crippen molar-refractivity contribution in [3.05, 3.63) is 57.8 Å². The van der Waals surface area contributed by atoms with E-state index < -0.39 is 0 Å². The molecular weight excluding hydrogens is 294 g/mol. The van der Waals surface area contributed by atoms with Gasteiger partial charge in [-0.25, -0.2) is 0 Å². The van der Waals surface area contributed by atoms with Crippen molar-refractivity contribution in [3.8, 4) is 0 Å². The number of carbonyl (C=O) groups excluding carboxylic acids is 1. The number of hydrogen-bond donors (Lipinski definition) is 0. The van der Waals surface area contributed by atoms with Crippen molar-refractivity contribution in [2.75, 3.05) is 13.1 Å². The van der Waals surface area contributed by atoms with Gasteiger partial charge in [0.15, 0.2) is 0 Å². The Morgan fingerprint density at radius 2 is 2.27 bits per heavy atom. The first kappa shape index (κ1) is 15.3. The lowest BCUT2D eigenvalue weighted by molar-refractivity contribution is -0.00660. The Bertz CT molecular complexity index is 624. The van der Waals surface area contributed by atoms with Crippen molar-refractivity contribution in [2.45, 2.75) is 32.5 Å². The average molecular weight is 315 g/mol. The van der Waals surface area contributed by atoms with Gasteiger partial charge in [-0.3, -0.25) is 4.79 Å². The molecule has 116 valence electrons. The molecule has 1 aromatic heterocycles. The van der Waals surface area contributed by atoms with Crippen LogP contribution in [0.5, 0.6) is 0 Å². The minimum Gasteiger partial charge on any atom is -0.372 e. The van der Waals surface area contributed by atoms with E-state index in [0.29, 0.717) is 13.2 Å². The predicted molar refractivity (Wildman–Crippen MR) is 89.2 cm³/mol. The van der Waals surface area contributed by atoms with E-state index in [-0.39, 0.29) is 12.0 Å². The highest BCUT2D eigenvalue weighted by atomic mass is 32.1. The second-order valence-electron chi connectivity index (χ2n) is 5.79. The van der Waals surface area contributed by atoms with E-state index in [2.05, 4.69) is 31.2 Å². The number of likely N-dealkylation sites (tertiary alicyclic amines) is 1. The fourth-order valence-corrected chi connectivity index (χ4v) is 3.52. The van der Waals surface area contributed by atoms with E-state index >= 15 is 0 Å². The van der Waals surface area contributed by atoms with Gasteiger partial charge < -0.3 is 9.64 Å². The number of hydrogen-bond acceptors (Lipinski definition) is 3. The highest BCUT2D eigenvalue weighted by Crippen LogP contribution is 2.19. The van der Waals surface area contributed by atoms with Crippen LogP contribution in [0.2, 0.25) is 0 Å². The summed E-state index contributed by atoms with van der Waals surface area (Å²) in [7, 11) is 0. The van der Waals surface area contributed by atoms with Gasteiger partial charge in [-0.1, -0.05) is 35.9 Å². The summed E-state index contributed by atoms with van der Waals surface area (Å²) in [5.41, 5.74) is 2.45. The van der Waals surface area contributed by atoms with E-state index in [1.807, 2.05) is 22.4 Å². The molecule has 0 saturated carbocycles. The minimum absolute atomic E-state index is 0.137. The molecule has 0 N–H and O–H groups in total. The zero-order chi connectivity index (χ0) is 15.4. The van der Waals surface area contributed by atoms with E-state index in [9.17, 15) is 4.79 Å². The molecule has 3 nitrogen and oxygen atoms in total. The van der Waals surface area contributed by atoms with Crippen molar-refractivity contribution >= 4 is 17.2 Å².